The first kappa shape index (κ1) is 23.4. The van der Waals surface area contributed by atoms with Gasteiger partial charge in [-0.2, -0.15) is 13.2 Å². The molecule has 12 heteroatoms. The number of nitrogens with zero attached hydrogens (tertiary/aromatic N) is 1. The molecular weight excluding hydrogens is 435 g/mol. The maximum atomic E-state index is 12.6. The van der Waals surface area contributed by atoms with Crippen molar-refractivity contribution in [2.45, 2.75) is 50.4 Å². The van der Waals surface area contributed by atoms with Crippen LogP contribution in [-0.4, -0.2) is 53.4 Å². The molecule has 0 fully saturated rings. The molecule has 3 atom stereocenters. The van der Waals surface area contributed by atoms with Gasteiger partial charge in [0.05, 0.1) is 28.1 Å². The van der Waals surface area contributed by atoms with Crippen molar-refractivity contribution in [3.63, 3.8) is 0 Å². The van der Waals surface area contributed by atoms with Gasteiger partial charge >= 0.3 is 12.1 Å². The zero-order valence-electron chi connectivity index (χ0n) is 15.5. The molecule has 1 aliphatic carbocycles. The van der Waals surface area contributed by atoms with Crippen molar-refractivity contribution in [1.29, 1.82) is 0 Å². The van der Waals surface area contributed by atoms with E-state index in [2.05, 4.69) is 20.4 Å². The number of ketones is 1. The fourth-order valence-corrected chi connectivity index (χ4v) is 3.76. The van der Waals surface area contributed by atoms with E-state index in [1.807, 2.05) is 0 Å². The Morgan fingerprint density at radius 2 is 2.14 bits per heavy atom. The number of nitrogens with one attached hydrogen (secondary N) is 2. The van der Waals surface area contributed by atoms with Gasteiger partial charge in [0.1, 0.15) is 0 Å². The quantitative estimate of drug-likeness (QED) is 0.454. The number of esters is 1. The summed E-state index contributed by atoms with van der Waals surface area (Å²) < 4.78 is 42.0. The maximum absolute atomic E-state index is 12.6. The Labute approximate surface area is 174 Å². The van der Waals surface area contributed by atoms with E-state index in [0.717, 1.165) is 0 Å². The standard InChI is InChI=1S/C17H19ClF3N3O4S/c1-3-8(2)23-15(28-16(27)17(19,20)21)14(26)24-9-4-5-10(25)12(13(9)18)11-6-22-7-29-11/h4,7-8,11,15,23H,3,5-6H2,1-2H3,(H,24,26). The highest BCUT2D eigenvalue weighted by Crippen LogP contribution is 2.33. The predicted octanol–water partition coefficient (Wildman–Crippen LogP) is 2.42. The number of Topliss-reactive ketones (excluding diaryl/α,β-unsaturated/α-hetero) is 1. The second-order valence-electron chi connectivity index (χ2n) is 6.32. The number of alkyl halides is 3. The average Bonchev–Trinajstić information content (AvgIpc) is 3.16. The lowest BCUT2D eigenvalue weighted by Crippen LogP contribution is -2.51. The van der Waals surface area contributed by atoms with E-state index in [4.69, 9.17) is 11.6 Å². The van der Waals surface area contributed by atoms with E-state index >= 15 is 0 Å². The lowest BCUT2D eigenvalue weighted by molar-refractivity contribution is -0.207. The Morgan fingerprint density at radius 1 is 1.45 bits per heavy atom. The van der Waals surface area contributed by atoms with Crippen molar-refractivity contribution in [2.24, 2.45) is 4.99 Å². The Morgan fingerprint density at radius 3 is 2.69 bits per heavy atom. The van der Waals surface area contributed by atoms with Gasteiger partial charge < -0.3 is 10.1 Å². The van der Waals surface area contributed by atoms with Crippen molar-refractivity contribution in [3.8, 4) is 0 Å². The fourth-order valence-electron chi connectivity index (χ4n) is 2.46. The number of aliphatic imine (C=N–C) groups is 1. The van der Waals surface area contributed by atoms with Gasteiger partial charge in [0.15, 0.2) is 5.78 Å². The molecule has 0 saturated carbocycles. The van der Waals surface area contributed by atoms with Gasteiger partial charge in [-0.3, -0.25) is 19.9 Å². The number of carbonyl (C=O) groups is 3. The number of hydrogen-bond donors (Lipinski definition) is 2. The van der Waals surface area contributed by atoms with E-state index in [0.29, 0.717) is 13.0 Å². The van der Waals surface area contributed by atoms with Crippen LogP contribution in [0, 0.1) is 0 Å². The normalized spacial score (nSPS) is 21.7. The summed E-state index contributed by atoms with van der Waals surface area (Å²) in [6, 6.07) is -0.415. The number of rotatable bonds is 7. The highest BCUT2D eigenvalue weighted by molar-refractivity contribution is 8.13. The highest BCUT2D eigenvalue weighted by Gasteiger charge is 2.44. The minimum atomic E-state index is -5.25. The molecule has 0 bridgehead atoms. The van der Waals surface area contributed by atoms with Gasteiger partial charge in [-0.05, 0) is 13.3 Å². The first-order valence-corrected chi connectivity index (χ1v) is 9.98. The summed E-state index contributed by atoms with van der Waals surface area (Å²) in [7, 11) is 0. The predicted molar refractivity (Wildman–Crippen MR) is 102 cm³/mol. The molecule has 160 valence electrons. The molecule has 2 rings (SSSR count). The monoisotopic (exact) mass is 453 g/mol. The Balaban J connectivity index is 2.18. The average molecular weight is 454 g/mol. The summed E-state index contributed by atoms with van der Waals surface area (Å²) >= 11 is 7.59. The van der Waals surface area contributed by atoms with Crippen LogP contribution in [0.5, 0.6) is 0 Å². The van der Waals surface area contributed by atoms with Crippen LogP contribution in [-0.2, 0) is 19.1 Å². The summed E-state index contributed by atoms with van der Waals surface area (Å²) in [4.78, 5) is 40.0. The highest BCUT2D eigenvalue weighted by atomic mass is 35.5. The van der Waals surface area contributed by atoms with Gasteiger partial charge in [0, 0.05) is 18.0 Å². The van der Waals surface area contributed by atoms with Crippen LogP contribution >= 0.6 is 23.4 Å². The minimum Gasteiger partial charge on any atom is -0.430 e. The van der Waals surface area contributed by atoms with Crippen LogP contribution in [0.2, 0.25) is 0 Å². The number of halogens is 4. The second-order valence-corrected chi connectivity index (χ2v) is 7.75. The third-order valence-corrected chi connectivity index (χ3v) is 5.55. The molecular formula is C17H19ClF3N3O4S. The number of carbonyl (C=O) groups excluding carboxylic acids is 3. The molecule has 1 amide bonds. The van der Waals surface area contributed by atoms with Gasteiger partial charge in [-0.15, -0.1) is 11.8 Å². The Kier molecular flexibility index (Phi) is 7.89. The topological polar surface area (TPSA) is 96.9 Å². The van der Waals surface area contributed by atoms with Gasteiger partial charge in [-0.25, -0.2) is 4.79 Å². The molecule has 7 nitrogen and oxygen atoms in total. The first-order chi connectivity index (χ1) is 13.5. The van der Waals surface area contributed by atoms with Crippen molar-refractivity contribution in [1.82, 2.24) is 10.6 Å². The lowest BCUT2D eigenvalue weighted by atomic mass is 9.98. The third kappa shape index (κ3) is 6.06. The summed E-state index contributed by atoms with van der Waals surface area (Å²) in [6.07, 6.45) is -5.36. The number of hydrogen-bond acceptors (Lipinski definition) is 7. The number of thioether (sulfide) groups is 1. The number of amides is 1. The van der Waals surface area contributed by atoms with Crippen LogP contribution in [0.25, 0.3) is 0 Å². The molecule has 29 heavy (non-hydrogen) atoms. The van der Waals surface area contributed by atoms with Crippen molar-refractivity contribution in [2.75, 3.05) is 6.54 Å². The van der Waals surface area contributed by atoms with Gasteiger partial charge in [-0.1, -0.05) is 24.6 Å². The molecule has 0 spiro atoms. The molecule has 1 aliphatic heterocycles. The number of ether oxygens (including phenoxy) is 1. The zero-order chi connectivity index (χ0) is 21.8. The summed E-state index contributed by atoms with van der Waals surface area (Å²) in [5.74, 6) is -3.77. The molecule has 0 aromatic carbocycles. The minimum absolute atomic E-state index is 0.0120. The van der Waals surface area contributed by atoms with Crippen molar-refractivity contribution in [3.05, 3.63) is 22.4 Å². The first-order valence-electron chi connectivity index (χ1n) is 8.66. The molecule has 2 aliphatic rings. The van der Waals surface area contributed by atoms with Crippen molar-refractivity contribution < 1.29 is 32.3 Å². The lowest BCUT2D eigenvalue weighted by Gasteiger charge is -2.25. The third-order valence-electron chi connectivity index (χ3n) is 4.16. The van der Waals surface area contributed by atoms with Crippen LogP contribution in [0.3, 0.4) is 0 Å². The zero-order valence-corrected chi connectivity index (χ0v) is 17.1. The summed E-state index contributed by atoms with van der Waals surface area (Å²) in [5, 5.41) is 4.56. The number of allylic oxidation sites excluding steroid dienone is 2. The largest absolute Gasteiger partial charge is 0.490 e. The van der Waals surface area contributed by atoms with Crippen LogP contribution < -0.4 is 10.6 Å². The molecule has 0 saturated heterocycles. The summed E-state index contributed by atoms with van der Waals surface area (Å²) in [5.41, 5.74) is 1.94. The molecule has 1 heterocycles. The smallest absolute Gasteiger partial charge is 0.430 e. The maximum Gasteiger partial charge on any atom is 0.490 e. The van der Waals surface area contributed by atoms with Crippen LogP contribution in [0.4, 0.5) is 13.2 Å². The molecule has 3 unspecified atom stereocenters. The molecule has 0 aromatic heterocycles. The van der Waals surface area contributed by atoms with Crippen LogP contribution in [0.15, 0.2) is 27.4 Å². The van der Waals surface area contributed by atoms with E-state index < -0.39 is 30.3 Å². The Bertz CT molecular complexity index is 774. The van der Waals surface area contributed by atoms with E-state index in [9.17, 15) is 27.6 Å². The summed E-state index contributed by atoms with van der Waals surface area (Å²) in [6.45, 7) is 3.70. The second kappa shape index (κ2) is 9.77. The van der Waals surface area contributed by atoms with Crippen LogP contribution in [0.1, 0.15) is 26.7 Å². The van der Waals surface area contributed by atoms with Gasteiger partial charge in [0.2, 0.25) is 6.23 Å². The fraction of sp³-hybridized carbons (Fsp3) is 0.529. The van der Waals surface area contributed by atoms with E-state index in [-0.39, 0.29) is 33.8 Å². The SMILES string of the molecule is CCC(C)NC(OC(=O)C(F)(F)F)C(=O)NC1=CCC(=O)C(C2CN=CS2)=C1Cl. The molecule has 0 radical (unpaired) electrons. The molecule has 0 aromatic rings. The van der Waals surface area contributed by atoms with Gasteiger partial charge in [0.25, 0.3) is 5.91 Å². The Hall–Kier alpha value is -1.85. The van der Waals surface area contributed by atoms with Crippen molar-refractivity contribution >= 4 is 46.6 Å². The van der Waals surface area contributed by atoms with E-state index in [1.165, 1.54) is 17.8 Å². The van der Waals surface area contributed by atoms with E-state index in [1.54, 1.807) is 19.4 Å². The molecule has 2 N–H and O–H groups in total.